The van der Waals surface area contributed by atoms with Gasteiger partial charge in [0.25, 0.3) is 5.56 Å². The van der Waals surface area contributed by atoms with Crippen molar-refractivity contribution >= 4 is 22.6 Å². The van der Waals surface area contributed by atoms with E-state index in [1.807, 2.05) is 0 Å². The summed E-state index contributed by atoms with van der Waals surface area (Å²) in [6.45, 7) is 3.52. The van der Waals surface area contributed by atoms with Crippen LogP contribution in [-0.2, 0) is 11.8 Å². The minimum atomic E-state index is -0.515. The van der Waals surface area contributed by atoms with Gasteiger partial charge >= 0.3 is 5.97 Å². The molecule has 19 heavy (non-hydrogen) atoms. The van der Waals surface area contributed by atoms with Crippen LogP contribution >= 0.6 is 0 Å². The van der Waals surface area contributed by atoms with Gasteiger partial charge in [0.1, 0.15) is 5.56 Å². The number of aryl methyl sites for hydroxylation is 1. The zero-order valence-electron chi connectivity index (χ0n) is 11.1. The largest absolute Gasteiger partial charge is 0.459 e. The van der Waals surface area contributed by atoms with Crippen LogP contribution < -0.4 is 11.3 Å². The number of hydrogen-bond acceptors (Lipinski definition) is 4. The number of benzene rings is 1. The van der Waals surface area contributed by atoms with Crippen LogP contribution in [0, 0.1) is 0 Å². The van der Waals surface area contributed by atoms with E-state index in [1.54, 1.807) is 39.1 Å². The first-order valence-corrected chi connectivity index (χ1v) is 6.01. The van der Waals surface area contributed by atoms with Gasteiger partial charge in [-0.25, -0.2) is 4.79 Å². The molecule has 0 unspecified atom stereocenters. The van der Waals surface area contributed by atoms with Crippen LogP contribution in [0.3, 0.4) is 0 Å². The summed E-state index contributed by atoms with van der Waals surface area (Å²) in [6.07, 6.45) is -0.247. The Morgan fingerprint density at radius 3 is 2.53 bits per heavy atom. The summed E-state index contributed by atoms with van der Waals surface area (Å²) in [7, 11) is 1.61. The monoisotopic (exact) mass is 260 g/mol. The number of hydrogen-bond donors (Lipinski definition) is 1. The number of pyridine rings is 1. The highest BCUT2D eigenvalue weighted by Gasteiger charge is 2.18. The zero-order chi connectivity index (χ0) is 14.2. The number of anilines is 1. The molecular weight excluding hydrogens is 244 g/mol. The number of nitrogen functional groups attached to an aromatic ring is 1. The van der Waals surface area contributed by atoms with E-state index in [2.05, 4.69) is 0 Å². The third kappa shape index (κ3) is 2.31. The van der Waals surface area contributed by atoms with Gasteiger partial charge in [0.15, 0.2) is 0 Å². The molecule has 1 heterocycles. The number of nitrogens with two attached hydrogens (primary N) is 1. The zero-order valence-corrected chi connectivity index (χ0v) is 11.1. The first kappa shape index (κ1) is 13.1. The lowest BCUT2D eigenvalue weighted by molar-refractivity contribution is 0.0381. The molecule has 0 aliphatic carbocycles. The second-order valence-electron chi connectivity index (χ2n) is 4.65. The Kier molecular flexibility index (Phi) is 3.29. The Balaban J connectivity index is 2.78. The second-order valence-corrected chi connectivity index (χ2v) is 4.65. The molecule has 2 N–H and O–H groups in total. The van der Waals surface area contributed by atoms with E-state index in [4.69, 9.17) is 10.5 Å². The van der Waals surface area contributed by atoms with Crippen LogP contribution in [0.4, 0.5) is 5.69 Å². The molecule has 2 rings (SSSR count). The lowest BCUT2D eigenvalue weighted by atomic mass is 10.1. The van der Waals surface area contributed by atoms with Crippen molar-refractivity contribution in [1.29, 1.82) is 0 Å². The number of ether oxygens (including phenoxy) is 1. The Bertz CT molecular complexity index is 702. The summed E-state index contributed by atoms with van der Waals surface area (Å²) in [4.78, 5) is 23.8. The van der Waals surface area contributed by atoms with Crippen molar-refractivity contribution in [2.24, 2.45) is 7.05 Å². The van der Waals surface area contributed by atoms with Crippen molar-refractivity contribution in [1.82, 2.24) is 4.57 Å². The molecular formula is C14H16N2O3. The quantitative estimate of drug-likeness (QED) is 0.658. The third-order valence-electron chi connectivity index (χ3n) is 2.86. The van der Waals surface area contributed by atoms with Gasteiger partial charge in [-0.15, -0.1) is 0 Å². The number of aromatic nitrogens is 1. The first-order chi connectivity index (χ1) is 8.91. The second kappa shape index (κ2) is 4.76. The van der Waals surface area contributed by atoms with Crippen molar-refractivity contribution in [2.45, 2.75) is 20.0 Å². The summed E-state index contributed by atoms with van der Waals surface area (Å²) >= 11 is 0. The molecule has 5 nitrogen and oxygen atoms in total. The molecule has 100 valence electrons. The predicted octanol–water partition coefficient (Wildman–Crippen LogP) is 1.69. The molecule has 2 aromatic rings. The fourth-order valence-electron chi connectivity index (χ4n) is 1.99. The molecule has 5 heteroatoms. The molecule has 0 saturated carbocycles. The van der Waals surface area contributed by atoms with Crippen LogP contribution in [0.1, 0.15) is 24.2 Å². The average Bonchev–Trinajstić information content (AvgIpc) is 2.33. The van der Waals surface area contributed by atoms with E-state index >= 15 is 0 Å². The first-order valence-electron chi connectivity index (χ1n) is 6.01. The lowest BCUT2D eigenvalue weighted by Gasteiger charge is -2.14. The van der Waals surface area contributed by atoms with Gasteiger partial charge in [-0.3, -0.25) is 4.79 Å². The fraction of sp³-hybridized carbons (Fsp3) is 0.286. The van der Waals surface area contributed by atoms with Gasteiger partial charge in [0, 0.05) is 18.8 Å². The highest BCUT2D eigenvalue weighted by Crippen LogP contribution is 2.24. The van der Waals surface area contributed by atoms with Crippen molar-refractivity contribution in [3.8, 4) is 0 Å². The molecule has 0 amide bonds. The standard InChI is InChI=1S/C14H16N2O3/c1-8(2)19-14(18)12-10(15)6-4-9-5-7-11(17)16(3)13(9)12/h4-8H,15H2,1-3H3. The topological polar surface area (TPSA) is 74.3 Å². The van der Waals surface area contributed by atoms with Gasteiger partial charge in [-0.2, -0.15) is 0 Å². The SMILES string of the molecule is CC(C)OC(=O)c1c(N)ccc2ccc(=O)n(C)c12. The Morgan fingerprint density at radius 2 is 1.89 bits per heavy atom. The number of rotatable bonds is 2. The van der Waals surface area contributed by atoms with Gasteiger partial charge < -0.3 is 15.0 Å². The normalized spacial score (nSPS) is 10.9. The molecule has 0 spiro atoms. The van der Waals surface area contributed by atoms with E-state index in [0.29, 0.717) is 11.2 Å². The Labute approximate surface area is 110 Å². The molecule has 0 aliphatic heterocycles. The maximum Gasteiger partial charge on any atom is 0.342 e. The van der Waals surface area contributed by atoms with Gasteiger partial charge in [-0.1, -0.05) is 6.07 Å². The average molecular weight is 260 g/mol. The number of nitrogens with zero attached hydrogens (tertiary/aromatic N) is 1. The molecule has 0 radical (unpaired) electrons. The smallest absolute Gasteiger partial charge is 0.342 e. The summed E-state index contributed by atoms with van der Waals surface area (Å²) in [6, 6.07) is 6.54. The summed E-state index contributed by atoms with van der Waals surface area (Å²) in [5.74, 6) is -0.515. The molecule has 0 aliphatic rings. The number of carbonyl (C=O) groups is 1. The summed E-state index contributed by atoms with van der Waals surface area (Å²) < 4.78 is 6.59. The minimum absolute atomic E-state index is 0.198. The third-order valence-corrected chi connectivity index (χ3v) is 2.86. The summed E-state index contributed by atoms with van der Waals surface area (Å²) in [5, 5.41) is 0.770. The van der Waals surface area contributed by atoms with E-state index in [9.17, 15) is 9.59 Å². The van der Waals surface area contributed by atoms with Gasteiger partial charge in [-0.05, 0) is 31.4 Å². The summed E-state index contributed by atoms with van der Waals surface area (Å²) in [5.41, 5.74) is 6.71. The van der Waals surface area contributed by atoms with E-state index in [-0.39, 0.29) is 17.2 Å². The van der Waals surface area contributed by atoms with Crippen LogP contribution in [0.25, 0.3) is 10.9 Å². The van der Waals surface area contributed by atoms with E-state index < -0.39 is 5.97 Å². The lowest BCUT2D eigenvalue weighted by Crippen LogP contribution is -2.20. The molecule has 0 fully saturated rings. The van der Waals surface area contributed by atoms with Crippen LogP contribution in [0.15, 0.2) is 29.1 Å². The highest BCUT2D eigenvalue weighted by molar-refractivity contribution is 6.07. The molecule has 1 aromatic heterocycles. The number of carbonyl (C=O) groups excluding carboxylic acids is 1. The van der Waals surface area contributed by atoms with Gasteiger partial charge in [0.2, 0.25) is 0 Å². The van der Waals surface area contributed by atoms with Crippen molar-refractivity contribution < 1.29 is 9.53 Å². The fourth-order valence-corrected chi connectivity index (χ4v) is 1.99. The van der Waals surface area contributed by atoms with Crippen LogP contribution in [-0.4, -0.2) is 16.6 Å². The Hall–Kier alpha value is -2.30. The maximum atomic E-state index is 12.1. The van der Waals surface area contributed by atoms with E-state index in [0.717, 1.165) is 5.39 Å². The number of fused-ring (bicyclic) bond motifs is 1. The van der Waals surface area contributed by atoms with Gasteiger partial charge in [0.05, 0.1) is 11.6 Å². The van der Waals surface area contributed by atoms with E-state index in [1.165, 1.54) is 10.6 Å². The van der Waals surface area contributed by atoms with Crippen molar-refractivity contribution in [3.05, 3.63) is 40.2 Å². The van der Waals surface area contributed by atoms with Crippen molar-refractivity contribution in [3.63, 3.8) is 0 Å². The minimum Gasteiger partial charge on any atom is -0.459 e. The molecule has 0 atom stereocenters. The highest BCUT2D eigenvalue weighted by atomic mass is 16.5. The molecule has 0 bridgehead atoms. The van der Waals surface area contributed by atoms with Crippen LogP contribution in [0.5, 0.6) is 0 Å². The molecule has 1 aromatic carbocycles. The van der Waals surface area contributed by atoms with Crippen LogP contribution in [0.2, 0.25) is 0 Å². The molecule has 0 saturated heterocycles. The number of esters is 1. The van der Waals surface area contributed by atoms with Crippen molar-refractivity contribution in [2.75, 3.05) is 5.73 Å². The Morgan fingerprint density at radius 1 is 1.26 bits per heavy atom. The predicted molar refractivity (Wildman–Crippen MR) is 74.2 cm³/mol. The maximum absolute atomic E-state index is 12.1.